The minimum atomic E-state index is -0.763. The van der Waals surface area contributed by atoms with Gasteiger partial charge in [0, 0.05) is 5.56 Å². The van der Waals surface area contributed by atoms with Crippen molar-refractivity contribution in [3.05, 3.63) is 41.2 Å². The van der Waals surface area contributed by atoms with Crippen LogP contribution in [0.25, 0.3) is 5.70 Å². The summed E-state index contributed by atoms with van der Waals surface area (Å²) in [4.78, 5) is 11.6. The summed E-state index contributed by atoms with van der Waals surface area (Å²) in [7, 11) is 0. The average Bonchev–Trinajstić information content (AvgIpc) is 2.26. The summed E-state index contributed by atoms with van der Waals surface area (Å²) in [6.45, 7) is 3.09. The highest BCUT2D eigenvalue weighted by molar-refractivity contribution is 6.01. The molecular weight excluding hydrogens is 237 g/mol. The van der Waals surface area contributed by atoms with Gasteiger partial charge in [-0.15, -0.1) is 0 Å². The number of halogens is 1. The van der Waals surface area contributed by atoms with Crippen LogP contribution in [-0.2, 0) is 14.3 Å². The van der Waals surface area contributed by atoms with Gasteiger partial charge in [-0.25, -0.2) is 4.39 Å². The van der Waals surface area contributed by atoms with Crippen LogP contribution in [0.5, 0.6) is 0 Å². The molecule has 18 heavy (non-hydrogen) atoms. The molecule has 1 fully saturated rings. The summed E-state index contributed by atoms with van der Waals surface area (Å²) in [5.74, 6) is -0.671. The molecule has 0 bridgehead atoms. The molecule has 5 heteroatoms. The Morgan fingerprint density at radius 3 is 2.56 bits per heavy atom. The molecule has 4 nitrogen and oxygen atoms in total. The van der Waals surface area contributed by atoms with E-state index in [1.807, 2.05) is 0 Å². The molecule has 0 aromatic heterocycles. The minimum Gasteiger partial charge on any atom is -0.398 e. The van der Waals surface area contributed by atoms with Crippen LogP contribution in [0.1, 0.15) is 19.4 Å². The molecule has 0 saturated carbocycles. The highest BCUT2D eigenvalue weighted by Gasteiger charge is 2.34. The fraction of sp³-hybridized carbons (Fsp3) is 0.308. The number of carbonyl (C=O) groups is 1. The topological polar surface area (TPSA) is 61.6 Å². The number of rotatable bonds is 3. The van der Waals surface area contributed by atoms with E-state index >= 15 is 0 Å². The molecule has 0 amide bonds. The Kier molecular flexibility index (Phi) is 3.45. The van der Waals surface area contributed by atoms with Gasteiger partial charge in [-0.05, 0) is 26.0 Å². The summed E-state index contributed by atoms with van der Waals surface area (Å²) in [6, 6.07) is 5.73. The van der Waals surface area contributed by atoms with Gasteiger partial charge in [-0.2, -0.15) is 0 Å². The predicted molar refractivity (Wildman–Crippen MR) is 63.6 cm³/mol. The zero-order valence-corrected chi connectivity index (χ0v) is 10.1. The van der Waals surface area contributed by atoms with E-state index in [-0.39, 0.29) is 23.3 Å². The number of carbonyl (C=O) groups excluding carboxylic acids is 1. The quantitative estimate of drug-likeness (QED) is 0.832. The van der Waals surface area contributed by atoms with Crippen LogP contribution >= 0.6 is 0 Å². The Morgan fingerprint density at radius 2 is 2.06 bits per heavy atom. The Hall–Kier alpha value is -1.72. The number of hydrogen-bond donors (Lipinski definition) is 1. The highest BCUT2D eigenvalue weighted by atomic mass is 19.1. The molecule has 1 heterocycles. The number of nitrogens with two attached hydrogens (primary N) is 1. The van der Waals surface area contributed by atoms with Crippen LogP contribution in [0, 0.1) is 5.82 Å². The van der Waals surface area contributed by atoms with Crippen molar-refractivity contribution in [3.8, 4) is 0 Å². The van der Waals surface area contributed by atoms with E-state index in [1.54, 1.807) is 13.0 Å². The molecule has 1 aromatic carbocycles. The summed E-state index contributed by atoms with van der Waals surface area (Å²) < 4.78 is 23.6. The van der Waals surface area contributed by atoms with Crippen LogP contribution in [0.4, 0.5) is 4.39 Å². The standard InChI is InChI=1S/C13H14FNO3/c1-7(16)11(13-17-8(2)18-13)12(15)9-4-3-5-10(14)6-9/h3-6,8,13H,15H2,1-2H3/b12-11+. The second-order valence-electron chi connectivity index (χ2n) is 4.07. The molecule has 0 unspecified atom stereocenters. The van der Waals surface area contributed by atoms with Crippen LogP contribution in [0.2, 0.25) is 0 Å². The third-order valence-corrected chi connectivity index (χ3v) is 2.67. The molecule has 2 N–H and O–H groups in total. The maximum absolute atomic E-state index is 13.1. The van der Waals surface area contributed by atoms with Crippen molar-refractivity contribution < 1.29 is 18.7 Å². The van der Waals surface area contributed by atoms with Crippen molar-refractivity contribution in [2.45, 2.75) is 26.4 Å². The predicted octanol–water partition coefficient (Wildman–Crippen LogP) is 1.80. The molecule has 0 radical (unpaired) electrons. The maximum atomic E-state index is 13.1. The number of hydrogen-bond acceptors (Lipinski definition) is 4. The normalized spacial score (nSPS) is 24.2. The van der Waals surface area contributed by atoms with E-state index in [0.29, 0.717) is 5.56 Å². The van der Waals surface area contributed by atoms with Gasteiger partial charge in [0.1, 0.15) is 5.82 Å². The van der Waals surface area contributed by atoms with Crippen molar-refractivity contribution in [2.75, 3.05) is 0 Å². The number of Topliss-reactive ketones (excluding diaryl/α,β-unsaturated/α-hetero) is 1. The van der Waals surface area contributed by atoms with Crippen molar-refractivity contribution in [2.24, 2.45) is 5.73 Å². The van der Waals surface area contributed by atoms with Crippen molar-refractivity contribution in [3.63, 3.8) is 0 Å². The van der Waals surface area contributed by atoms with E-state index < -0.39 is 12.1 Å². The van der Waals surface area contributed by atoms with Gasteiger partial charge in [0.2, 0.25) is 0 Å². The molecular formula is C13H14FNO3. The Morgan fingerprint density at radius 1 is 1.39 bits per heavy atom. The van der Waals surface area contributed by atoms with Crippen molar-refractivity contribution in [1.82, 2.24) is 0 Å². The van der Waals surface area contributed by atoms with Crippen LogP contribution in [-0.4, -0.2) is 18.4 Å². The lowest BCUT2D eigenvalue weighted by Crippen LogP contribution is -2.42. The van der Waals surface area contributed by atoms with Crippen LogP contribution < -0.4 is 5.73 Å². The first-order valence-corrected chi connectivity index (χ1v) is 5.56. The molecule has 1 aromatic rings. The van der Waals surface area contributed by atoms with E-state index in [4.69, 9.17) is 15.2 Å². The third kappa shape index (κ3) is 2.42. The van der Waals surface area contributed by atoms with E-state index in [2.05, 4.69) is 0 Å². The molecule has 1 saturated heterocycles. The summed E-state index contributed by atoms with van der Waals surface area (Å²) in [5, 5.41) is 0. The van der Waals surface area contributed by atoms with Crippen molar-refractivity contribution in [1.29, 1.82) is 0 Å². The lowest BCUT2D eigenvalue weighted by molar-refractivity contribution is -0.357. The molecule has 0 atom stereocenters. The zero-order valence-electron chi connectivity index (χ0n) is 10.1. The lowest BCUT2D eigenvalue weighted by Gasteiger charge is -2.35. The van der Waals surface area contributed by atoms with Crippen LogP contribution in [0.15, 0.2) is 29.8 Å². The molecule has 1 aliphatic heterocycles. The SMILES string of the molecule is CC(=O)/C(=C(\N)c1cccc(F)c1)C1OC(C)O1. The summed E-state index contributed by atoms with van der Waals surface area (Å²) in [6.07, 6.45) is -1.12. The van der Waals surface area contributed by atoms with E-state index in [0.717, 1.165) is 0 Å². The highest BCUT2D eigenvalue weighted by Crippen LogP contribution is 2.28. The average molecular weight is 251 g/mol. The Bertz CT molecular complexity index is 507. The fourth-order valence-corrected chi connectivity index (χ4v) is 1.79. The number of ketones is 1. The van der Waals surface area contributed by atoms with E-state index in [9.17, 15) is 9.18 Å². The van der Waals surface area contributed by atoms with Gasteiger partial charge in [0.25, 0.3) is 0 Å². The lowest BCUT2D eigenvalue weighted by atomic mass is 10.0. The van der Waals surface area contributed by atoms with Gasteiger partial charge in [-0.3, -0.25) is 4.79 Å². The van der Waals surface area contributed by atoms with Crippen LogP contribution in [0.3, 0.4) is 0 Å². The minimum absolute atomic E-state index is 0.180. The Balaban J connectivity index is 2.38. The monoisotopic (exact) mass is 251 g/mol. The molecule has 2 rings (SSSR count). The summed E-state index contributed by atoms with van der Waals surface area (Å²) >= 11 is 0. The van der Waals surface area contributed by atoms with Gasteiger partial charge in [0.15, 0.2) is 18.4 Å². The second kappa shape index (κ2) is 4.88. The van der Waals surface area contributed by atoms with Gasteiger partial charge in [0.05, 0.1) is 11.3 Å². The largest absolute Gasteiger partial charge is 0.398 e. The number of ether oxygens (including phenoxy) is 2. The number of benzene rings is 1. The fourth-order valence-electron chi connectivity index (χ4n) is 1.79. The molecule has 0 spiro atoms. The Labute approximate surface area is 104 Å². The smallest absolute Gasteiger partial charge is 0.195 e. The van der Waals surface area contributed by atoms with Gasteiger partial charge < -0.3 is 15.2 Å². The molecule has 96 valence electrons. The molecule has 1 aliphatic rings. The first-order chi connectivity index (χ1) is 8.49. The maximum Gasteiger partial charge on any atom is 0.195 e. The first kappa shape index (κ1) is 12.7. The van der Waals surface area contributed by atoms with Gasteiger partial charge >= 0.3 is 0 Å². The van der Waals surface area contributed by atoms with Crippen molar-refractivity contribution >= 4 is 11.5 Å². The molecule has 0 aliphatic carbocycles. The summed E-state index contributed by atoms with van der Waals surface area (Å²) in [5.41, 5.74) is 6.73. The first-order valence-electron chi connectivity index (χ1n) is 5.56. The second-order valence-corrected chi connectivity index (χ2v) is 4.07. The van der Waals surface area contributed by atoms with Gasteiger partial charge in [-0.1, -0.05) is 12.1 Å². The van der Waals surface area contributed by atoms with E-state index in [1.165, 1.54) is 25.1 Å². The zero-order chi connectivity index (χ0) is 13.3. The third-order valence-electron chi connectivity index (χ3n) is 2.67.